The van der Waals surface area contributed by atoms with Gasteiger partial charge in [-0.1, -0.05) is 81.9 Å². The van der Waals surface area contributed by atoms with Crippen LogP contribution in [0, 0.1) is 51.9 Å². The summed E-state index contributed by atoms with van der Waals surface area (Å²) in [6, 6.07) is 10.9. The number of hydrazone groups is 4. The number of nitro groups is 4. The molecular formula is C43H51Cl5N24O9S4. The van der Waals surface area contributed by atoms with Gasteiger partial charge in [0.05, 0.1) is 37.3 Å². The van der Waals surface area contributed by atoms with Gasteiger partial charge in [0.25, 0.3) is 23.8 Å². The molecule has 4 fully saturated rings. The predicted molar refractivity (Wildman–Crippen MR) is 325 cm³/mol. The highest BCUT2D eigenvalue weighted by molar-refractivity contribution is 8.14. The number of aromatic nitrogens is 4. The van der Waals surface area contributed by atoms with Crippen LogP contribution in [0.4, 0.5) is 0 Å². The Morgan fingerprint density at radius 2 is 1.28 bits per heavy atom. The summed E-state index contributed by atoms with van der Waals surface area (Å²) in [5.41, 5.74) is 1.99. The molecule has 85 heavy (non-hydrogen) atoms. The van der Waals surface area contributed by atoms with Gasteiger partial charge in [-0.15, -0.1) is 39.0 Å². The normalized spacial score (nSPS) is 17.0. The molecule has 5 aromatic heterocycles. The number of nitrogens with one attached hydrogen (secondary N) is 3. The van der Waals surface area contributed by atoms with Crippen LogP contribution in [0.2, 0.25) is 23.6 Å². The van der Waals surface area contributed by atoms with Gasteiger partial charge >= 0.3 is 0 Å². The smallest absolute Gasteiger partial charge is 0.277 e. The van der Waals surface area contributed by atoms with E-state index >= 15 is 0 Å². The molecule has 0 unspecified atom stereocenters. The van der Waals surface area contributed by atoms with Crippen LogP contribution in [-0.2, 0) is 37.5 Å². The van der Waals surface area contributed by atoms with Crippen LogP contribution in [0.5, 0.6) is 0 Å². The number of nitriles is 1. The first-order valence-electron chi connectivity index (χ1n) is 24.1. The van der Waals surface area contributed by atoms with Crippen molar-refractivity contribution in [3.8, 4) is 6.19 Å². The molecule has 5 aromatic rings. The number of ether oxygens (including phenoxy) is 1. The molecule has 33 nitrogen and oxygen atoms in total. The highest BCUT2D eigenvalue weighted by Crippen LogP contribution is 2.25. The lowest BCUT2D eigenvalue weighted by atomic mass is 10.3. The van der Waals surface area contributed by atoms with Gasteiger partial charge in [0.2, 0.25) is 6.19 Å². The Labute approximate surface area is 525 Å². The molecule has 4 saturated heterocycles. The minimum absolute atomic E-state index is 0.0875. The molecule has 0 spiro atoms. The molecule has 0 saturated carbocycles. The second-order valence-electron chi connectivity index (χ2n) is 17.1. The molecular weight excluding hydrogens is 1300 g/mol. The van der Waals surface area contributed by atoms with Crippen molar-refractivity contribution in [2.75, 3.05) is 80.4 Å². The fraction of sp³-hybridized carbons (Fsp3) is 0.395. The van der Waals surface area contributed by atoms with Crippen molar-refractivity contribution >= 4 is 133 Å². The van der Waals surface area contributed by atoms with Crippen LogP contribution in [0.25, 0.3) is 0 Å². The molecule has 0 radical (unpaired) electrons. The van der Waals surface area contributed by atoms with E-state index < -0.39 is 20.1 Å². The van der Waals surface area contributed by atoms with Gasteiger partial charge in [-0.25, -0.2) is 60.4 Å². The maximum atomic E-state index is 10.6. The third-order valence-corrected chi connectivity index (χ3v) is 15.6. The number of thiophene rings is 1. The van der Waals surface area contributed by atoms with E-state index in [0.29, 0.717) is 82.1 Å². The first-order chi connectivity index (χ1) is 40.6. The summed E-state index contributed by atoms with van der Waals surface area (Å²) in [6.07, 6.45) is 8.48. The lowest BCUT2D eigenvalue weighted by molar-refractivity contribution is -0.486. The fourth-order valence-electron chi connectivity index (χ4n) is 7.35. The zero-order valence-electron chi connectivity index (χ0n) is 45.1. The average Bonchev–Trinajstić information content (AvgIpc) is 4.52. The molecule has 42 heteroatoms. The molecule has 0 bridgehead atoms. The summed E-state index contributed by atoms with van der Waals surface area (Å²) >= 11 is 34.3. The Morgan fingerprint density at radius 1 is 0.682 bits per heavy atom. The maximum Gasteiger partial charge on any atom is 0.277 e. The lowest BCUT2D eigenvalue weighted by Gasteiger charge is -2.39. The van der Waals surface area contributed by atoms with Crippen LogP contribution in [0.15, 0.2) is 86.6 Å². The summed E-state index contributed by atoms with van der Waals surface area (Å²) in [5.74, 6) is 1.97. The van der Waals surface area contributed by atoms with E-state index in [-0.39, 0.29) is 31.3 Å². The van der Waals surface area contributed by atoms with E-state index in [1.54, 1.807) is 88.4 Å². The van der Waals surface area contributed by atoms with Gasteiger partial charge in [-0.3, -0.25) is 4.90 Å². The molecule has 0 aromatic carbocycles. The van der Waals surface area contributed by atoms with Crippen LogP contribution in [-0.4, -0.2) is 184 Å². The van der Waals surface area contributed by atoms with E-state index in [4.69, 9.17) is 68.0 Å². The SMILES string of the molecule is CN/C(=N\[N+](=O)[O-])NCc1cnc(Cl)s1.CN1CN(C)/C(=N\[N+](=O)[O-])N(Cc2cnc(Cl)s2)C1.CN1COCN(Cc2ccc(Cl)s2)/C1=N/[N+](=O)[O-].N#CN=C1SCCN1Cc1ccc(Cl)nc1.O=[N+]([O-])/N=C1\NCCN1Cc1ccc(Cl)nc1. The molecule has 456 valence electrons. The average molecular weight is 1350 g/mol. The zero-order chi connectivity index (χ0) is 62.0. The molecule has 3 N–H and O–H groups in total. The summed E-state index contributed by atoms with van der Waals surface area (Å²) in [5, 5.41) is 70.3. The van der Waals surface area contributed by atoms with Gasteiger partial charge < -0.3 is 50.1 Å². The molecule has 9 heterocycles. The second-order valence-corrected chi connectivity index (χ2v) is 24.1. The summed E-state index contributed by atoms with van der Waals surface area (Å²) in [6.45, 7) is 6.54. The van der Waals surface area contributed by atoms with Crippen LogP contribution in [0.3, 0.4) is 0 Å². The largest absolute Gasteiger partial charge is 0.354 e. The zero-order valence-corrected chi connectivity index (χ0v) is 52.1. The summed E-state index contributed by atoms with van der Waals surface area (Å²) in [4.78, 5) is 76.6. The highest BCUT2D eigenvalue weighted by Gasteiger charge is 2.29. The van der Waals surface area contributed by atoms with Crippen molar-refractivity contribution in [1.29, 1.82) is 5.26 Å². The standard InChI is InChI=1S/C10H9ClN4S.C9H13ClN6O2S.C9H10ClN5O2.C9H11ClN4O3S.C6H8ClN5O2S/c11-9-2-1-8(5-13-9)6-15-3-4-16-10(15)14-7-12;1-13-5-14(2)9(12-16(17)18)15(6-13)4-7-3-11-8(10)19-7;10-8-2-1-7(5-12-8)6-14-4-3-11-9(14)13-15(16)17;1-12-5-17-6-13(9(12)11-14(15)16)4-7-2-3-8(10)18-7;1-8-6(11-12(13)14)10-3-4-2-9-5(7)15-4/h1-2,5H,3-4,6H2;3H,4-6H2,1-2H3;1-2,5H,3-4,6H2,(H,11,13);2-3H,4-6H2,1H3;2H,3H2,1H3,(H2,8,10,11)/b;12-9+;;11-9+;. The number of pyridine rings is 2. The fourth-order valence-corrected chi connectivity index (χ4v) is 11.5. The molecule has 0 aliphatic carbocycles. The van der Waals surface area contributed by atoms with Crippen molar-refractivity contribution < 1.29 is 24.9 Å². The second kappa shape index (κ2) is 35.2. The Hall–Kier alpha value is -7.38. The number of thioether (sulfide) groups is 1. The number of aliphatic imine (C=N–C) groups is 1. The van der Waals surface area contributed by atoms with Gasteiger partial charge in [0.15, 0.2) is 34.2 Å². The number of nitrogens with zero attached hydrogens (tertiary/aromatic N) is 21. The van der Waals surface area contributed by atoms with Crippen molar-refractivity contribution in [2.45, 2.75) is 32.7 Å². The van der Waals surface area contributed by atoms with Crippen molar-refractivity contribution in [2.24, 2.45) is 25.4 Å². The topological polar surface area (TPSA) is 378 Å². The Bertz CT molecular complexity index is 3230. The van der Waals surface area contributed by atoms with E-state index in [9.17, 15) is 40.5 Å². The summed E-state index contributed by atoms with van der Waals surface area (Å²) < 4.78 is 6.88. The maximum absolute atomic E-state index is 10.6. The quantitative estimate of drug-likeness (QED) is 0.0285. The lowest BCUT2D eigenvalue weighted by Crippen LogP contribution is -2.55. The number of hydrogen-bond donors (Lipinski definition) is 3. The van der Waals surface area contributed by atoms with Gasteiger partial charge in [-0.05, 0) is 42.4 Å². The summed E-state index contributed by atoms with van der Waals surface area (Å²) in [7, 11) is 6.93. The molecule has 9 rings (SSSR count). The van der Waals surface area contributed by atoms with Gasteiger partial charge in [0, 0.05) is 99.0 Å². The third kappa shape index (κ3) is 24.6. The molecule has 0 amide bonds. The number of guanidine groups is 4. The van der Waals surface area contributed by atoms with E-state index in [0.717, 1.165) is 49.8 Å². The number of rotatable bonds is 14. The highest BCUT2D eigenvalue weighted by atomic mass is 35.5. The minimum Gasteiger partial charge on any atom is -0.354 e. The van der Waals surface area contributed by atoms with Gasteiger partial charge in [0.1, 0.15) is 44.2 Å². The van der Waals surface area contributed by atoms with Crippen LogP contribution in [0.1, 0.15) is 25.8 Å². The van der Waals surface area contributed by atoms with Crippen molar-refractivity contribution in [3.05, 3.63) is 151 Å². The van der Waals surface area contributed by atoms with Crippen molar-refractivity contribution in [1.82, 2.24) is 70.2 Å². The van der Waals surface area contributed by atoms with Crippen LogP contribution >= 0.6 is 104 Å². The third-order valence-electron chi connectivity index (χ3n) is 10.7. The number of halogens is 5. The Kier molecular flexibility index (Phi) is 28.3. The molecule has 4 aliphatic heterocycles. The first-order valence-corrected chi connectivity index (χ1v) is 29.4. The minimum atomic E-state index is -0.779. The predicted octanol–water partition coefficient (Wildman–Crippen LogP) is 6.03. The Balaban J connectivity index is 0.000000195. The van der Waals surface area contributed by atoms with E-state index in [1.165, 1.54) is 41.1 Å². The molecule has 0 atom stereocenters. The van der Waals surface area contributed by atoms with E-state index in [1.807, 2.05) is 41.2 Å². The number of thiazole rings is 2. The van der Waals surface area contributed by atoms with Crippen molar-refractivity contribution in [3.63, 3.8) is 0 Å². The Morgan fingerprint density at radius 3 is 1.81 bits per heavy atom. The first kappa shape index (κ1) is 68.4. The van der Waals surface area contributed by atoms with E-state index in [2.05, 4.69) is 66.2 Å². The monoisotopic (exact) mass is 1350 g/mol. The molecule has 4 aliphatic rings. The number of hydrogen-bond acceptors (Lipinski definition) is 20. The van der Waals surface area contributed by atoms with Gasteiger partial charge in [-0.2, -0.15) is 5.26 Å². The number of amidine groups is 1. The van der Waals surface area contributed by atoms with Crippen LogP contribution < -0.4 is 16.0 Å².